The molecule has 0 aliphatic carbocycles. The molecule has 0 radical (unpaired) electrons. The normalized spacial score (nSPS) is 16.7. The third-order valence-electron chi connectivity index (χ3n) is 5.60. The van der Waals surface area contributed by atoms with Gasteiger partial charge in [0.05, 0.1) is 4.90 Å². The van der Waals surface area contributed by atoms with E-state index in [2.05, 4.69) is 10.0 Å². The summed E-state index contributed by atoms with van der Waals surface area (Å²) < 4.78 is 28.4. The molecule has 2 aromatic carbocycles. The Balaban J connectivity index is 1.80. The monoisotopic (exact) mass is 457 g/mol. The summed E-state index contributed by atoms with van der Waals surface area (Å²) in [6.07, 6.45) is 1.59. The Morgan fingerprint density at radius 2 is 1.84 bits per heavy atom. The molecule has 2 amide bonds. The first-order valence-corrected chi connectivity index (χ1v) is 12.3. The summed E-state index contributed by atoms with van der Waals surface area (Å²) in [6, 6.07) is 11.6. The molecule has 0 bridgehead atoms. The second kappa shape index (κ2) is 9.73. The van der Waals surface area contributed by atoms with Crippen molar-refractivity contribution in [3.63, 3.8) is 0 Å². The van der Waals surface area contributed by atoms with Crippen LogP contribution in [0.4, 0.5) is 5.69 Å². The van der Waals surface area contributed by atoms with Crippen molar-refractivity contribution in [3.05, 3.63) is 59.2 Å². The molecule has 0 spiro atoms. The van der Waals surface area contributed by atoms with E-state index in [9.17, 15) is 18.0 Å². The van der Waals surface area contributed by atoms with Crippen molar-refractivity contribution in [3.8, 4) is 0 Å². The third-order valence-corrected chi connectivity index (χ3v) is 6.98. The van der Waals surface area contributed by atoms with E-state index in [1.54, 1.807) is 36.1 Å². The number of amides is 2. The van der Waals surface area contributed by atoms with E-state index < -0.39 is 10.0 Å². The maximum Gasteiger partial charge on any atom is 0.261 e. The fraction of sp³-hybridized carbons (Fsp3) is 0.417. The van der Waals surface area contributed by atoms with Crippen LogP contribution in [0.5, 0.6) is 0 Å². The Morgan fingerprint density at radius 3 is 2.53 bits per heavy atom. The molecule has 1 unspecified atom stereocenters. The van der Waals surface area contributed by atoms with E-state index in [0.29, 0.717) is 29.9 Å². The number of hydrogen-bond acceptors (Lipinski definition) is 4. The zero-order valence-corrected chi connectivity index (χ0v) is 19.8. The van der Waals surface area contributed by atoms with Crippen molar-refractivity contribution in [1.82, 2.24) is 10.2 Å². The van der Waals surface area contributed by atoms with Crippen LogP contribution in [0.1, 0.15) is 48.2 Å². The van der Waals surface area contributed by atoms with Crippen molar-refractivity contribution in [2.24, 2.45) is 5.92 Å². The fourth-order valence-electron chi connectivity index (χ4n) is 3.74. The van der Waals surface area contributed by atoms with E-state index in [1.807, 2.05) is 26.8 Å². The number of aryl methyl sites for hydroxylation is 2. The van der Waals surface area contributed by atoms with Crippen LogP contribution in [-0.2, 0) is 14.8 Å². The number of benzene rings is 2. The Labute approximate surface area is 190 Å². The molecule has 0 saturated carbocycles. The Hall–Kier alpha value is -2.87. The lowest BCUT2D eigenvalue weighted by atomic mass is 10.0. The van der Waals surface area contributed by atoms with Gasteiger partial charge in [0.15, 0.2) is 0 Å². The molecule has 1 aliphatic rings. The number of carbonyl (C=O) groups is 2. The van der Waals surface area contributed by atoms with Crippen molar-refractivity contribution in [2.75, 3.05) is 17.8 Å². The van der Waals surface area contributed by atoms with Gasteiger partial charge >= 0.3 is 0 Å². The standard InChI is InChI=1S/C24H31N3O4S/c1-16(2)23(28)25-20-9-6-12-27(15-20)24(29)22-14-21(11-10-18(22)4)32(30,31)26-19-8-5-7-17(3)13-19/h5,7-8,10-11,13-14,16,20,26H,6,9,12,15H2,1-4H3,(H,25,28). The van der Waals surface area contributed by atoms with Crippen LogP contribution in [-0.4, -0.2) is 44.3 Å². The smallest absolute Gasteiger partial charge is 0.261 e. The SMILES string of the molecule is Cc1cccc(NS(=O)(=O)c2ccc(C)c(C(=O)N3CCCC(NC(=O)C(C)C)C3)c2)c1. The predicted molar refractivity (Wildman–Crippen MR) is 125 cm³/mol. The van der Waals surface area contributed by atoms with Crippen LogP contribution >= 0.6 is 0 Å². The minimum atomic E-state index is -3.85. The summed E-state index contributed by atoms with van der Waals surface area (Å²) in [6.45, 7) is 8.33. The highest BCUT2D eigenvalue weighted by Gasteiger charge is 2.28. The molecular formula is C24H31N3O4S. The van der Waals surface area contributed by atoms with E-state index in [-0.39, 0.29) is 28.7 Å². The quantitative estimate of drug-likeness (QED) is 0.694. The lowest BCUT2D eigenvalue weighted by molar-refractivity contribution is -0.125. The minimum Gasteiger partial charge on any atom is -0.351 e. The Bertz CT molecular complexity index is 1110. The van der Waals surface area contributed by atoms with Gasteiger partial charge in [-0.1, -0.05) is 32.0 Å². The largest absolute Gasteiger partial charge is 0.351 e. The number of rotatable bonds is 6. The number of nitrogens with one attached hydrogen (secondary N) is 2. The second-order valence-electron chi connectivity index (χ2n) is 8.71. The lowest BCUT2D eigenvalue weighted by Crippen LogP contribution is -2.50. The van der Waals surface area contributed by atoms with Crippen LogP contribution in [0, 0.1) is 19.8 Å². The molecule has 0 aromatic heterocycles. The molecule has 2 N–H and O–H groups in total. The van der Waals surface area contributed by atoms with Gasteiger partial charge in [-0.15, -0.1) is 0 Å². The molecule has 7 nitrogen and oxygen atoms in total. The van der Waals surface area contributed by atoms with Gasteiger partial charge in [-0.05, 0) is 62.1 Å². The summed E-state index contributed by atoms with van der Waals surface area (Å²) >= 11 is 0. The number of nitrogens with zero attached hydrogens (tertiary/aromatic N) is 1. The molecule has 3 rings (SSSR count). The van der Waals surface area contributed by atoms with Gasteiger partial charge < -0.3 is 10.2 Å². The van der Waals surface area contributed by atoms with Gasteiger partial charge in [0, 0.05) is 36.3 Å². The third kappa shape index (κ3) is 5.68. The van der Waals surface area contributed by atoms with Crippen molar-refractivity contribution < 1.29 is 18.0 Å². The molecule has 1 heterocycles. The molecule has 1 aliphatic heterocycles. The summed E-state index contributed by atoms with van der Waals surface area (Å²) in [5, 5.41) is 3.00. The topological polar surface area (TPSA) is 95.6 Å². The molecular weight excluding hydrogens is 426 g/mol. The molecule has 32 heavy (non-hydrogen) atoms. The first-order valence-electron chi connectivity index (χ1n) is 10.9. The molecule has 2 aromatic rings. The van der Waals surface area contributed by atoms with Gasteiger partial charge in [0.25, 0.3) is 15.9 Å². The van der Waals surface area contributed by atoms with Gasteiger partial charge in [0.2, 0.25) is 5.91 Å². The van der Waals surface area contributed by atoms with Crippen LogP contribution in [0.25, 0.3) is 0 Å². The summed E-state index contributed by atoms with van der Waals surface area (Å²) in [7, 11) is -3.85. The number of anilines is 1. The molecule has 1 saturated heterocycles. The van der Waals surface area contributed by atoms with Crippen molar-refractivity contribution in [1.29, 1.82) is 0 Å². The van der Waals surface area contributed by atoms with Gasteiger partial charge in [0.1, 0.15) is 0 Å². The average molecular weight is 458 g/mol. The summed E-state index contributed by atoms with van der Waals surface area (Å²) in [4.78, 5) is 27.0. The summed E-state index contributed by atoms with van der Waals surface area (Å²) in [5.74, 6) is -0.375. The molecule has 8 heteroatoms. The average Bonchev–Trinajstić information content (AvgIpc) is 2.73. The van der Waals surface area contributed by atoms with Crippen molar-refractivity contribution in [2.45, 2.75) is 51.5 Å². The van der Waals surface area contributed by atoms with Gasteiger partial charge in [-0.25, -0.2) is 8.42 Å². The number of sulfonamides is 1. The number of hydrogen-bond donors (Lipinski definition) is 2. The lowest BCUT2D eigenvalue weighted by Gasteiger charge is -2.34. The number of likely N-dealkylation sites (tertiary alicyclic amines) is 1. The first kappa shape index (κ1) is 23.8. The van der Waals surface area contributed by atoms with E-state index in [0.717, 1.165) is 18.4 Å². The van der Waals surface area contributed by atoms with E-state index in [1.165, 1.54) is 12.1 Å². The highest BCUT2D eigenvalue weighted by molar-refractivity contribution is 7.92. The highest BCUT2D eigenvalue weighted by Crippen LogP contribution is 2.22. The van der Waals surface area contributed by atoms with Gasteiger partial charge in [-0.2, -0.15) is 0 Å². The minimum absolute atomic E-state index is 0.0317. The molecule has 1 fully saturated rings. The zero-order chi connectivity index (χ0) is 23.5. The number of carbonyl (C=O) groups excluding carboxylic acids is 2. The zero-order valence-electron chi connectivity index (χ0n) is 19.0. The second-order valence-corrected chi connectivity index (χ2v) is 10.4. The van der Waals surface area contributed by atoms with E-state index in [4.69, 9.17) is 0 Å². The Kier molecular flexibility index (Phi) is 7.23. The van der Waals surface area contributed by atoms with Crippen LogP contribution in [0.15, 0.2) is 47.4 Å². The maximum absolute atomic E-state index is 13.3. The fourth-order valence-corrected chi connectivity index (χ4v) is 4.81. The maximum atomic E-state index is 13.3. The van der Waals surface area contributed by atoms with E-state index >= 15 is 0 Å². The number of piperidine rings is 1. The van der Waals surface area contributed by atoms with Crippen LogP contribution < -0.4 is 10.0 Å². The summed E-state index contributed by atoms with van der Waals surface area (Å²) in [5.41, 5.74) is 2.47. The van der Waals surface area contributed by atoms with Crippen LogP contribution in [0.3, 0.4) is 0 Å². The molecule has 172 valence electrons. The molecule has 1 atom stereocenters. The van der Waals surface area contributed by atoms with Crippen molar-refractivity contribution >= 4 is 27.5 Å². The highest BCUT2D eigenvalue weighted by atomic mass is 32.2. The first-order chi connectivity index (χ1) is 15.1. The predicted octanol–water partition coefficient (Wildman–Crippen LogP) is 3.48. The Morgan fingerprint density at radius 1 is 1.09 bits per heavy atom. The van der Waals surface area contributed by atoms with Gasteiger partial charge in [-0.3, -0.25) is 14.3 Å². The van der Waals surface area contributed by atoms with Crippen LogP contribution in [0.2, 0.25) is 0 Å².